The molecule has 0 saturated carbocycles. The molecule has 1 aliphatic heterocycles. The summed E-state index contributed by atoms with van der Waals surface area (Å²) in [6.07, 6.45) is 3.83. The minimum Gasteiger partial charge on any atom is -0.481 e. The van der Waals surface area contributed by atoms with E-state index >= 15 is 0 Å². The number of nitrogens with one attached hydrogen (secondary N) is 1. The molecule has 1 aromatic carbocycles. The number of likely N-dealkylation sites (tertiary alicyclic amines) is 1. The minimum absolute atomic E-state index is 0.0423. The van der Waals surface area contributed by atoms with Gasteiger partial charge in [0.15, 0.2) is 0 Å². The maximum atomic E-state index is 12.1. The van der Waals surface area contributed by atoms with Gasteiger partial charge in [-0.1, -0.05) is 25.5 Å². The fraction of sp³-hybridized carbons (Fsp3) is 0.500. The predicted octanol–water partition coefficient (Wildman–Crippen LogP) is 2.29. The molecule has 1 aliphatic rings. The van der Waals surface area contributed by atoms with Crippen LogP contribution in [0, 0.1) is 5.92 Å². The molecule has 0 aromatic heterocycles. The van der Waals surface area contributed by atoms with Gasteiger partial charge in [-0.25, -0.2) is 0 Å². The van der Waals surface area contributed by atoms with Crippen LogP contribution in [-0.2, 0) is 20.8 Å². The van der Waals surface area contributed by atoms with E-state index in [9.17, 15) is 14.4 Å². The van der Waals surface area contributed by atoms with Crippen LogP contribution in [0.15, 0.2) is 24.3 Å². The molecule has 6 heteroatoms. The van der Waals surface area contributed by atoms with Gasteiger partial charge in [0.1, 0.15) is 0 Å². The summed E-state index contributed by atoms with van der Waals surface area (Å²) in [5.74, 6) is -1.44. The number of carbonyl (C=O) groups is 3. The van der Waals surface area contributed by atoms with Crippen molar-refractivity contribution in [3.63, 3.8) is 0 Å². The topological polar surface area (TPSA) is 86.7 Å². The molecule has 1 atom stereocenters. The zero-order valence-electron chi connectivity index (χ0n) is 14.0. The Morgan fingerprint density at radius 2 is 1.92 bits per heavy atom. The quantitative estimate of drug-likeness (QED) is 0.837. The summed E-state index contributed by atoms with van der Waals surface area (Å²) in [5.41, 5.74) is 1.56. The molecule has 0 aliphatic carbocycles. The first kappa shape index (κ1) is 18.0. The second-order valence-electron chi connectivity index (χ2n) is 6.31. The molecule has 1 heterocycles. The number of anilines is 1. The van der Waals surface area contributed by atoms with E-state index in [1.54, 1.807) is 24.0 Å². The van der Waals surface area contributed by atoms with Crippen molar-refractivity contribution in [1.82, 2.24) is 4.90 Å². The van der Waals surface area contributed by atoms with Crippen molar-refractivity contribution >= 4 is 23.5 Å². The van der Waals surface area contributed by atoms with Gasteiger partial charge in [-0.2, -0.15) is 0 Å². The second kappa shape index (κ2) is 8.47. The molecule has 0 bridgehead atoms. The maximum absolute atomic E-state index is 12.1. The lowest BCUT2D eigenvalue weighted by Crippen LogP contribution is -2.37. The Bertz CT molecular complexity index is 598. The summed E-state index contributed by atoms with van der Waals surface area (Å²) in [4.78, 5) is 36.5. The van der Waals surface area contributed by atoms with E-state index in [4.69, 9.17) is 5.11 Å². The molecule has 2 amide bonds. The summed E-state index contributed by atoms with van der Waals surface area (Å²) in [6.45, 7) is 2.38. The van der Waals surface area contributed by atoms with Crippen LogP contribution in [0.25, 0.3) is 0 Å². The van der Waals surface area contributed by atoms with Crippen LogP contribution in [0.4, 0.5) is 5.69 Å². The number of nitrogens with zero attached hydrogens (tertiary/aromatic N) is 1. The van der Waals surface area contributed by atoms with Crippen LogP contribution in [0.1, 0.15) is 38.2 Å². The number of carboxylic acid groups (broad SMARTS) is 1. The Balaban J connectivity index is 1.87. The number of carbonyl (C=O) groups excluding carboxylic acids is 2. The van der Waals surface area contributed by atoms with Crippen LogP contribution in [0.5, 0.6) is 0 Å². The zero-order chi connectivity index (χ0) is 17.5. The van der Waals surface area contributed by atoms with Gasteiger partial charge in [0.05, 0.1) is 12.5 Å². The van der Waals surface area contributed by atoms with E-state index in [0.717, 1.165) is 24.8 Å². The van der Waals surface area contributed by atoms with Gasteiger partial charge in [0, 0.05) is 18.7 Å². The molecular weight excluding hydrogens is 308 g/mol. The average molecular weight is 332 g/mol. The number of hydrogen-bond acceptors (Lipinski definition) is 3. The van der Waals surface area contributed by atoms with E-state index in [2.05, 4.69) is 5.32 Å². The number of carboxylic acids is 1. The molecule has 2 rings (SSSR count). The van der Waals surface area contributed by atoms with Gasteiger partial charge in [0.2, 0.25) is 11.8 Å². The molecule has 0 spiro atoms. The fourth-order valence-corrected chi connectivity index (χ4v) is 2.74. The van der Waals surface area contributed by atoms with Crippen molar-refractivity contribution in [3.8, 4) is 0 Å². The van der Waals surface area contributed by atoms with Crippen molar-refractivity contribution < 1.29 is 19.5 Å². The average Bonchev–Trinajstić information content (AvgIpc) is 2.74. The minimum atomic E-state index is -0.825. The largest absolute Gasteiger partial charge is 0.481 e. The highest BCUT2D eigenvalue weighted by atomic mass is 16.4. The van der Waals surface area contributed by atoms with E-state index in [1.807, 2.05) is 12.1 Å². The number of amides is 2. The summed E-state index contributed by atoms with van der Waals surface area (Å²) < 4.78 is 0. The van der Waals surface area contributed by atoms with Crippen LogP contribution in [0.2, 0.25) is 0 Å². The Morgan fingerprint density at radius 3 is 2.58 bits per heavy atom. The third kappa shape index (κ3) is 5.37. The van der Waals surface area contributed by atoms with E-state index in [-0.39, 0.29) is 18.4 Å². The number of aliphatic carboxylic acids is 1. The number of benzene rings is 1. The highest BCUT2D eigenvalue weighted by Gasteiger charge is 2.19. The third-order valence-corrected chi connectivity index (χ3v) is 4.21. The predicted molar refractivity (Wildman–Crippen MR) is 90.6 cm³/mol. The maximum Gasteiger partial charge on any atom is 0.306 e. The molecule has 1 unspecified atom stereocenters. The third-order valence-electron chi connectivity index (χ3n) is 4.21. The SMILES string of the molecule is CC(Cc1ccc(NC(=O)CN2CCCCCC2=O)cc1)C(=O)O. The molecule has 2 N–H and O–H groups in total. The van der Waals surface area contributed by atoms with E-state index in [1.165, 1.54) is 0 Å². The Kier molecular flexibility index (Phi) is 6.35. The number of hydrogen-bond donors (Lipinski definition) is 2. The monoisotopic (exact) mass is 332 g/mol. The van der Waals surface area contributed by atoms with Crippen molar-refractivity contribution in [1.29, 1.82) is 0 Å². The first-order chi connectivity index (χ1) is 11.5. The van der Waals surface area contributed by atoms with Crippen molar-refractivity contribution in [2.45, 2.75) is 39.0 Å². The van der Waals surface area contributed by atoms with Gasteiger partial charge in [-0.05, 0) is 37.0 Å². The highest BCUT2D eigenvalue weighted by molar-refractivity contribution is 5.94. The molecule has 1 aromatic rings. The van der Waals surface area contributed by atoms with E-state index < -0.39 is 11.9 Å². The lowest BCUT2D eigenvalue weighted by Gasteiger charge is -2.19. The smallest absolute Gasteiger partial charge is 0.306 e. The molecular formula is C18H24N2O4. The van der Waals surface area contributed by atoms with Crippen molar-refractivity contribution in [2.24, 2.45) is 5.92 Å². The summed E-state index contributed by atoms with van der Waals surface area (Å²) in [5, 5.41) is 11.7. The first-order valence-electron chi connectivity index (χ1n) is 8.35. The van der Waals surface area contributed by atoms with Gasteiger partial charge in [-0.3, -0.25) is 14.4 Å². The van der Waals surface area contributed by atoms with Gasteiger partial charge in [0.25, 0.3) is 0 Å². The molecule has 6 nitrogen and oxygen atoms in total. The second-order valence-corrected chi connectivity index (χ2v) is 6.31. The Morgan fingerprint density at radius 1 is 1.21 bits per heavy atom. The van der Waals surface area contributed by atoms with Crippen LogP contribution in [-0.4, -0.2) is 40.9 Å². The van der Waals surface area contributed by atoms with Gasteiger partial charge in [-0.15, -0.1) is 0 Å². The molecule has 1 fully saturated rings. The van der Waals surface area contributed by atoms with Crippen LogP contribution < -0.4 is 5.32 Å². The summed E-state index contributed by atoms with van der Waals surface area (Å²) in [6, 6.07) is 7.14. The Hall–Kier alpha value is -2.37. The Labute approximate surface area is 141 Å². The van der Waals surface area contributed by atoms with Crippen LogP contribution >= 0.6 is 0 Å². The normalized spacial score (nSPS) is 16.4. The molecule has 1 saturated heterocycles. The first-order valence-corrected chi connectivity index (χ1v) is 8.35. The summed E-state index contributed by atoms with van der Waals surface area (Å²) in [7, 11) is 0. The van der Waals surface area contributed by atoms with Gasteiger partial charge < -0.3 is 15.3 Å². The molecule has 24 heavy (non-hydrogen) atoms. The highest BCUT2D eigenvalue weighted by Crippen LogP contribution is 2.14. The lowest BCUT2D eigenvalue weighted by molar-refractivity contribution is -0.141. The molecule has 130 valence electrons. The van der Waals surface area contributed by atoms with Crippen LogP contribution in [0.3, 0.4) is 0 Å². The zero-order valence-corrected chi connectivity index (χ0v) is 14.0. The van der Waals surface area contributed by atoms with E-state index in [0.29, 0.717) is 25.1 Å². The lowest BCUT2D eigenvalue weighted by atomic mass is 10.0. The molecule has 0 radical (unpaired) electrons. The van der Waals surface area contributed by atoms with Crippen molar-refractivity contribution in [3.05, 3.63) is 29.8 Å². The fourth-order valence-electron chi connectivity index (χ4n) is 2.74. The number of rotatable bonds is 6. The summed E-state index contributed by atoms with van der Waals surface area (Å²) >= 11 is 0. The standard InChI is InChI=1S/C18H24N2O4/c1-13(18(23)24)11-14-6-8-15(9-7-14)19-16(21)12-20-10-4-2-3-5-17(20)22/h6-9,13H,2-5,10-12H2,1H3,(H,19,21)(H,23,24). The van der Waals surface area contributed by atoms with Gasteiger partial charge >= 0.3 is 5.97 Å². The van der Waals surface area contributed by atoms with Crippen molar-refractivity contribution in [2.75, 3.05) is 18.4 Å².